The Hall–Kier alpha value is -5.86. The molecule has 10 nitrogen and oxygen atoms in total. The van der Waals surface area contributed by atoms with Gasteiger partial charge >= 0.3 is 0 Å². The van der Waals surface area contributed by atoms with Crippen LogP contribution < -0.4 is 0 Å². The molecule has 0 amide bonds. The minimum absolute atomic E-state index is 0.0387. The Kier molecular flexibility index (Phi) is 8.05. The standard InChI is InChI=1S/C32H16N6O4S3/c33-17-21(19-1-5-23(6-2-19)37(39)40)15-25-9-13-29(43-25)27-11-12-28(32-31(27)35-45-36-32)30-14-10-26(44-30)16-22(18-34)20-3-7-24(8-4-20)38(41)42/h1-16H/b21-15+,22-16+. The van der Waals surface area contributed by atoms with Gasteiger partial charge in [-0.3, -0.25) is 20.2 Å². The fraction of sp³-hybridized carbons (Fsp3) is 0. The number of fused-ring (bicyclic) bond motifs is 1. The van der Waals surface area contributed by atoms with Crippen molar-refractivity contribution in [3.63, 3.8) is 0 Å². The van der Waals surface area contributed by atoms with Gasteiger partial charge in [-0.05, 0) is 71.8 Å². The third kappa shape index (κ3) is 6.00. The normalized spacial score (nSPS) is 11.7. The van der Waals surface area contributed by atoms with Gasteiger partial charge in [0.15, 0.2) is 0 Å². The van der Waals surface area contributed by atoms with Gasteiger partial charge in [-0.25, -0.2) is 0 Å². The van der Waals surface area contributed by atoms with Gasteiger partial charge in [-0.15, -0.1) is 22.7 Å². The molecule has 6 aromatic rings. The number of nitro groups is 2. The molecule has 0 atom stereocenters. The lowest BCUT2D eigenvalue weighted by Crippen LogP contribution is -1.88. The number of nitro benzene ring substituents is 2. The van der Waals surface area contributed by atoms with E-state index in [2.05, 4.69) is 20.9 Å². The van der Waals surface area contributed by atoms with Crippen LogP contribution in [0.3, 0.4) is 0 Å². The molecule has 3 heterocycles. The summed E-state index contributed by atoms with van der Waals surface area (Å²) >= 11 is 4.11. The number of hydrogen-bond acceptors (Lipinski definition) is 11. The molecule has 0 saturated heterocycles. The van der Waals surface area contributed by atoms with Crippen LogP contribution in [0.25, 0.3) is 55.2 Å². The number of non-ortho nitro benzene ring substituents is 2. The maximum atomic E-state index is 11.0. The third-order valence-electron chi connectivity index (χ3n) is 6.79. The number of aromatic nitrogens is 2. The summed E-state index contributed by atoms with van der Waals surface area (Å²) in [6, 6.07) is 27.9. The Morgan fingerprint density at radius 1 is 0.622 bits per heavy atom. The molecule has 0 aliphatic rings. The molecule has 3 aromatic carbocycles. The van der Waals surface area contributed by atoms with Crippen molar-refractivity contribution in [3.8, 4) is 33.0 Å². The summed E-state index contributed by atoms with van der Waals surface area (Å²) in [6.07, 6.45) is 3.51. The van der Waals surface area contributed by atoms with E-state index >= 15 is 0 Å². The molecule has 0 aliphatic heterocycles. The lowest BCUT2D eigenvalue weighted by molar-refractivity contribution is -0.385. The van der Waals surface area contributed by atoms with Crippen molar-refractivity contribution in [2.45, 2.75) is 0 Å². The number of rotatable bonds is 8. The van der Waals surface area contributed by atoms with Crippen molar-refractivity contribution < 1.29 is 9.85 Å². The molecule has 0 spiro atoms. The second-order valence-electron chi connectivity index (χ2n) is 9.47. The van der Waals surface area contributed by atoms with Crippen molar-refractivity contribution in [2.24, 2.45) is 0 Å². The summed E-state index contributed by atoms with van der Waals surface area (Å²) in [5, 5.41) is 41.4. The molecule has 216 valence electrons. The Bertz CT molecular complexity index is 2090. The molecule has 0 unspecified atom stereocenters. The lowest BCUT2D eigenvalue weighted by atomic mass is 10.1. The molecule has 0 saturated carbocycles. The SMILES string of the molecule is N#C/C(=C\c1ccc(-c2ccc(-c3ccc(/C=C(\C#N)c4ccc([N+](=O)[O-])cc4)s3)c3nsnc23)s1)c1ccc([N+](=O)[O-])cc1. The predicted octanol–water partition coefficient (Wildman–Crippen LogP) is 9.09. The molecule has 3 aromatic heterocycles. The van der Waals surface area contributed by atoms with Gasteiger partial charge in [-0.2, -0.15) is 19.3 Å². The highest BCUT2D eigenvalue weighted by molar-refractivity contribution is 7.17. The third-order valence-corrected chi connectivity index (χ3v) is 9.45. The molecule has 0 radical (unpaired) electrons. The van der Waals surface area contributed by atoms with Crippen molar-refractivity contribution in [1.82, 2.24) is 8.75 Å². The Morgan fingerprint density at radius 2 is 1.02 bits per heavy atom. The molecule has 45 heavy (non-hydrogen) atoms. The summed E-state index contributed by atoms with van der Waals surface area (Å²) in [6.45, 7) is 0. The lowest BCUT2D eigenvalue weighted by Gasteiger charge is -2.03. The highest BCUT2D eigenvalue weighted by Crippen LogP contribution is 2.40. The molecule has 6 rings (SSSR count). The van der Waals surface area contributed by atoms with Crippen LogP contribution in [0.4, 0.5) is 11.4 Å². The summed E-state index contributed by atoms with van der Waals surface area (Å²) in [5.74, 6) is 0. The molecular formula is C32H16N6O4S3. The monoisotopic (exact) mass is 644 g/mol. The molecule has 0 aliphatic carbocycles. The quantitative estimate of drug-likeness (QED) is 0.0900. The van der Waals surface area contributed by atoms with E-state index in [-0.39, 0.29) is 11.4 Å². The first-order valence-electron chi connectivity index (χ1n) is 13.0. The van der Waals surface area contributed by atoms with Crippen LogP contribution in [-0.4, -0.2) is 18.6 Å². The summed E-state index contributed by atoms with van der Waals surface area (Å²) in [5.41, 5.74) is 5.20. The molecule has 0 fully saturated rings. The van der Waals surface area contributed by atoms with E-state index in [9.17, 15) is 30.8 Å². The van der Waals surface area contributed by atoms with E-state index in [1.165, 1.54) is 46.9 Å². The molecule has 0 bridgehead atoms. The van der Waals surface area contributed by atoms with Gasteiger partial charge in [0.05, 0.1) is 44.9 Å². The zero-order valence-corrected chi connectivity index (χ0v) is 25.2. The van der Waals surface area contributed by atoms with Crippen LogP contribution >= 0.6 is 34.4 Å². The van der Waals surface area contributed by atoms with Crippen molar-refractivity contribution in [3.05, 3.63) is 126 Å². The van der Waals surface area contributed by atoms with Gasteiger partial charge in [0.1, 0.15) is 11.0 Å². The van der Waals surface area contributed by atoms with Crippen LogP contribution in [0, 0.1) is 42.9 Å². The maximum Gasteiger partial charge on any atom is 0.269 e. The van der Waals surface area contributed by atoms with Gasteiger partial charge in [0.25, 0.3) is 11.4 Å². The number of hydrogen-bond donors (Lipinski definition) is 0. The second-order valence-corrected chi connectivity index (χ2v) is 12.2. The van der Waals surface area contributed by atoms with Crippen LogP contribution in [0.1, 0.15) is 20.9 Å². The van der Waals surface area contributed by atoms with E-state index in [1.807, 2.05) is 36.4 Å². The molecular weight excluding hydrogens is 629 g/mol. The highest BCUT2D eigenvalue weighted by atomic mass is 32.1. The van der Waals surface area contributed by atoms with E-state index in [0.29, 0.717) is 22.3 Å². The van der Waals surface area contributed by atoms with Crippen LogP contribution in [0.5, 0.6) is 0 Å². The number of benzene rings is 3. The van der Waals surface area contributed by atoms with Crippen LogP contribution in [0.15, 0.2) is 84.9 Å². The van der Waals surface area contributed by atoms with Gasteiger partial charge in [0.2, 0.25) is 0 Å². The topological polar surface area (TPSA) is 160 Å². The number of thiophene rings is 2. The summed E-state index contributed by atoms with van der Waals surface area (Å²) in [4.78, 5) is 24.6. The van der Waals surface area contributed by atoms with E-state index in [4.69, 9.17) is 0 Å². The first kappa shape index (κ1) is 29.2. The Labute approximate surface area is 267 Å². The average molecular weight is 645 g/mol. The smallest absolute Gasteiger partial charge is 0.258 e. The highest BCUT2D eigenvalue weighted by Gasteiger charge is 2.17. The first-order valence-corrected chi connectivity index (χ1v) is 15.4. The van der Waals surface area contributed by atoms with E-state index in [0.717, 1.165) is 53.4 Å². The minimum Gasteiger partial charge on any atom is -0.258 e. The van der Waals surface area contributed by atoms with E-state index in [1.54, 1.807) is 36.4 Å². The summed E-state index contributed by atoms with van der Waals surface area (Å²) < 4.78 is 9.16. The maximum absolute atomic E-state index is 11.0. The second kappa shape index (κ2) is 12.4. The molecule has 13 heteroatoms. The van der Waals surface area contributed by atoms with Gasteiger partial charge in [-0.1, -0.05) is 12.1 Å². The van der Waals surface area contributed by atoms with Crippen LogP contribution in [0.2, 0.25) is 0 Å². The van der Waals surface area contributed by atoms with Crippen molar-refractivity contribution in [2.75, 3.05) is 0 Å². The van der Waals surface area contributed by atoms with Gasteiger partial charge in [0, 0.05) is 54.9 Å². The Morgan fingerprint density at radius 3 is 1.38 bits per heavy atom. The van der Waals surface area contributed by atoms with Crippen LogP contribution in [-0.2, 0) is 0 Å². The minimum atomic E-state index is -0.478. The number of nitrogens with zero attached hydrogens (tertiary/aromatic N) is 6. The van der Waals surface area contributed by atoms with Gasteiger partial charge < -0.3 is 0 Å². The zero-order chi connectivity index (χ0) is 31.5. The largest absolute Gasteiger partial charge is 0.269 e. The fourth-order valence-electron chi connectivity index (χ4n) is 4.58. The molecule has 0 N–H and O–H groups in total. The average Bonchev–Trinajstić information content (AvgIpc) is 3.84. The van der Waals surface area contributed by atoms with Crippen molar-refractivity contribution >= 4 is 80.1 Å². The fourth-order valence-corrected chi connectivity index (χ4v) is 7.11. The van der Waals surface area contributed by atoms with Crippen molar-refractivity contribution in [1.29, 1.82) is 10.5 Å². The number of nitriles is 2. The summed E-state index contributed by atoms with van der Waals surface area (Å²) in [7, 11) is 0. The first-order chi connectivity index (χ1) is 21.8. The predicted molar refractivity (Wildman–Crippen MR) is 177 cm³/mol. The zero-order valence-electron chi connectivity index (χ0n) is 22.8. The number of allylic oxidation sites excluding steroid dienone is 2. The Balaban J connectivity index is 1.28. The van der Waals surface area contributed by atoms with E-state index < -0.39 is 9.85 Å².